The fourth-order valence-corrected chi connectivity index (χ4v) is 4.12. The molecule has 6 N–H and O–H groups in total. The van der Waals surface area contributed by atoms with Crippen LogP contribution in [-0.2, 0) is 0 Å². The standard InChI is InChI=1S/C14H9BrF4N2O3.C14H9BrFN3O2/c15-7-5-10(16)12(22)11(6-7)21-13(23)20-8-1-3-9(4-2-8)24-14(17,18)19;15-9-5-11(16)13(20)12(6-9)19-14(21)18-10-3-1-8(7-17)2-4-10/h1-6,22H,(H2,20,21,23);1-6,20H,(H2,18,19,21). The zero-order valence-electron chi connectivity index (χ0n) is 22.1. The van der Waals surface area contributed by atoms with E-state index in [4.69, 9.17) is 5.26 Å². The van der Waals surface area contributed by atoms with Crippen molar-refractivity contribution in [2.45, 2.75) is 6.36 Å². The van der Waals surface area contributed by atoms with Crippen LogP contribution in [0.5, 0.6) is 17.2 Å². The number of halogens is 7. The highest BCUT2D eigenvalue weighted by atomic mass is 79.9. The minimum atomic E-state index is -4.81. The maximum absolute atomic E-state index is 13.3. The van der Waals surface area contributed by atoms with Crippen molar-refractivity contribution in [2.24, 2.45) is 0 Å². The van der Waals surface area contributed by atoms with Crippen molar-refractivity contribution in [3.05, 3.63) is 98.9 Å². The molecule has 0 aromatic heterocycles. The second-order valence-corrected chi connectivity index (χ2v) is 10.3. The Morgan fingerprint density at radius 3 is 1.49 bits per heavy atom. The van der Waals surface area contributed by atoms with Gasteiger partial charge in [0.15, 0.2) is 23.1 Å². The van der Waals surface area contributed by atoms with Crippen LogP contribution in [-0.4, -0.2) is 28.6 Å². The highest BCUT2D eigenvalue weighted by Crippen LogP contribution is 2.32. The van der Waals surface area contributed by atoms with Crippen molar-refractivity contribution in [2.75, 3.05) is 21.3 Å². The van der Waals surface area contributed by atoms with Crippen LogP contribution in [0.15, 0.2) is 81.7 Å². The number of carbonyl (C=O) groups is 2. The lowest BCUT2D eigenvalue weighted by atomic mass is 10.2. The fourth-order valence-electron chi connectivity index (χ4n) is 3.26. The Balaban J connectivity index is 0.000000248. The van der Waals surface area contributed by atoms with Crippen LogP contribution in [0.3, 0.4) is 0 Å². The van der Waals surface area contributed by atoms with Crippen molar-refractivity contribution >= 4 is 66.7 Å². The molecule has 0 aliphatic rings. The van der Waals surface area contributed by atoms with Crippen LogP contribution in [0.2, 0.25) is 0 Å². The number of hydrogen-bond acceptors (Lipinski definition) is 6. The van der Waals surface area contributed by atoms with E-state index in [1.807, 2.05) is 6.07 Å². The van der Waals surface area contributed by atoms with Crippen LogP contribution >= 0.6 is 31.9 Å². The SMILES string of the molecule is N#Cc1ccc(NC(=O)Nc2cc(Br)cc(F)c2O)cc1.O=C(Nc1ccc(OC(F)(F)F)cc1)Nc1cc(Br)cc(F)c1O. The Morgan fingerprint density at radius 2 is 1.11 bits per heavy atom. The van der Waals surface area contributed by atoms with Crippen LogP contribution in [0.4, 0.5) is 54.3 Å². The lowest BCUT2D eigenvalue weighted by Crippen LogP contribution is -2.20. The molecule has 4 amide bonds. The van der Waals surface area contributed by atoms with E-state index in [0.29, 0.717) is 20.2 Å². The average molecular weight is 759 g/mol. The summed E-state index contributed by atoms with van der Waals surface area (Å²) in [6.45, 7) is 0. The number of amides is 4. The molecular formula is C28H18Br2F5N5O5. The third-order valence-corrected chi connectivity index (χ3v) is 6.09. The Labute approximate surface area is 267 Å². The number of aromatic hydroxyl groups is 2. The van der Waals surface area contributed by atoms with Gasteiger partial charge < -0.3 is 36.2 Å². The van der Waals surface area contributed by atoms with E-state index in [0.717, 1.165) is 24.3 Å². The van der Waals surface area contributed by atoms with Crippen LogP contribution in [0.25, 0.3) is 0 Å². The second kappa shape index (κ2) is 15.1. The number of nitriles is 1. The number of alkyl halides is 3. The second-order valence-electron chi connectivity index (χ2n) is 8.49. The molecule has 4 rings (SSSR count). The molecule has 0 fully saturated rings. The van der Waals surface area contributed by atoms with E-state index in [2.05, 4.69) is 57.9 Å². The van der Waals surface area contributed by atoms with Gasteiger partial charge in [-0.2, -0.15) is 5.26 Å². The van der Waals surface area contributed by atoms with E-state index in [1.165, 1.54) is 24.3 Å². The summed E-state index contributed by atoms with van der Waals surface area (Å²) >= 11 is 6.07. The average Bonchev–Trinajstić information content (AvgIpc) is 2.95. The Kier molecular flexibility index (Phi) is 11.5. The molecule has 0 saturated carbocycles. The predicted molar refractivity (Wildman–Crippen MR) is 161 cm³/mol. The maximum atomic E-state index is 13.3. The predicted octanol–water partition coefficient (Wildman–Crippen LogP) is 8.65. The van der Waals surface area contributed by atoms with Crippen LogP contribution in [0, 0.1) is 23.0 Å². The van der Waals surface area contributed by atoms with E-state index >= 15 is 0 Å². The minimum absolute atomic E-state index is 0.0620. The molecule has 4 aromatic rings. The number of anilines is 4. The quantitative estimate of drug-likeness (QED) is 0.0884. The number of benzene rings is 4. The van der Waals surface area contributed by atoms with Crippen molar-refractivity contribution in [1.29, 1.82) is 5.26 Å². The highest BCUT2D eigenvalue weighted by Gasteiger charge is 2.31. The van der Waals surface area contributed by atoms with Crippen molar-refractivity contribution in [3.8, 4) is 23.3 Å². The summed E-state index contributed by atoms with van der Waals surface area (Å²) in [5.74, 6) is -3.62. The van der Waals surface area contributed by atoms with Gasteiger partial charge in [-0.1, -0.05) is 31.9 Å². The summed E-state index contributed by atoms with van der Waals surface area (Å²) in [4.78, 5) is 23.6. The number of nitrogens with zero attached hydrogens (tertiary/aromatic N) is 1. The van der Waals surface area contributed by atoms with Crippen molar-refractivity contribution < 1.29 is 46.5 Å². The maximum Gasteiger partial charge on any atom is 0.573 e. The summed E-state index contributed by atoms with van der Waals surface area (Å²) in [5.41, 5.74) is 0.843. The molecule has 45 heavy (non-hydrogen) atoms. The van der Waals surface area contributed by atoms with Gasteiger partial charge >= 0.3 is 18.4 Å². The van der Waals surface area contributed by atoms with Crippen molar-refractivity contribution in [3.63, 3.8) is 0 Å². The Bertz CT molecular complexity index is 1730. The summed E-state index contributed by atoms with van der Waals surface area (Å²) in [6.07, 6.45) is -4.81. The molecule has 17 heteroatoms. The number of carbonyl (C=O) groups excluding carboxylic acids is 2. The molecular weight excluding hydrogens is 741 g/mol. The van der Waals surface area contributed by atoms with Gasteiger partial charge in [-0.05, 0) is 72.8 Å². The van der Waals surface area contributed by atoms with Gasteiger partial charge in [-0.15, -0.1) is 13.2 Å². The number of rotatable bonds is 5. The number of urea groups is 2. The fraction of sp³-hybridized carbons (Fsp3) is 0.0357. The monoisotopic (exact) mass is 757 g/mol. The minimum Gasteiger partial charge on any atom is -0.503 e. The molecule has 0 bridgehead atoms. The van der Waals surface area contributed by atoms with Gasteiger partial charge in [-0.3, -0.25) is 0 Å². The van der Waals surface area contributed by atoms with Crippen LogP contribution < -0.4 is 26.0 Å². The molecule has 234 valence electrons. The third kappa shape index (κ3) is 10.9. The molecule has 0 saturated heterocycles. The van der Waals surface area contributed by atoms with Gasteiger partial charge in [0.25, 0.3) is 0 Å². The Hall–Kier alpha value is -5.08. The van der Waals surface area contributed by atoms with E-state index in [9.17, 15) is 41.8 Å². The zero-order valence-corrected chi connectivity index (χ0v) is 25.3. The van der Waals surface area contributed by atoms with Gasteiger partial charge in [0.1, 0.15) is 5.75 Å². The van der Waals surface area contributed by atoms with Gasteiger partial charge in [0, 0.05) is 20.3 Å². The van der Waals surface area contributed by atoms with E-state index < -0.39 is 47.3 Å². The van der Waals surface area contributed by atoms with E-state index in [1.54, 1.807) is 24.3 Å². The number of nitrogens with one attached hydrogen (secondary N) is 4. The molecule has 0 atom stereocenters. The van der Waals surface area contributed by atoms with E-state index in [-0.39, 0.29) is 17.1 Å². The molecule has 4 aromatic carbocycles. The lowest BCUT2D eigenvalue weighted by molar-refractivity contribution is -0.274. The topological polar surface area (TPSA) is 156 Å². The molecule has 0 spiro atoms. The number of hydrogen-bond donors (Lipinski definition) is 6. The summed E-state index contributed by atoms with van der Waals surface area (Å²) in [6, 6.07) is 15.8. The largest absolute Gasteiger partial charge is 0.573 e. The molecule has 0 unspecified atom stereocenters. The first kappa shape index (κ1) is 34.4. The van der Waals surface area contributed by atoms with Crippen LogP contribution in [0.1, 0.15) is 5.56 Å². The van der Waals surface area contributed by atoms with Gasteiger partial charge in [-0.25, -0.2) is 18.4 Å². The first-order valence-electron chi connectivity index (χ1n) is 12.0. The number of phenols is 2. The summed E-state index contributed by atoms with van der Waals surface area (Å²) in [5, 5.41) is 37.1. The zero-order chi connectivity index (χ0) is 33.3. The summed E-state index contributed by atoms with van der Waals surface area (Å²) in [7, 11) is 0. The van der Waals surface area contributed by atoms with Gasteiger partial charge in [0.2, 0.25) is 0 Å². The van der Waals surface area contributed by atoms with Gasteiger partial charge in [0.05, 0.1) is 23.0 Å². The molecule has 0 aliphatic heterocycles. The lowest BCUT2D eigenvalue weighted by Gasteiger charge is -2.11. The first-order valence-corrected chi connectivity index (χ1v) is 13.6. The van der Waals surface area contributed by atoms with Crippen molar-refractivity contribution in [1.82, 2.24) is 0 Å². The first-order chi connectivity index (χ1) is 21.1. The number of phenolic OH excluding ortho intramolecular Hbond substituents is 2. The Morgan fingerprint density at radius 1 is 0.711 bits per heavy atom. The molecule has 0 aliphatic carbocycles. The number of ether oxygens (including phenoxy) is 1. The smallest absolute Gasteiger partial charge is 0.503 e. The normalized spacial score (nSPS) is 10.4. The highest BCUT2D eigenvalue weighted by molar-refractivity contribution is 9.10. The summed E-state index contributed by atoms with van der Waals surface area (Å²) < 4.78 is 67.1. The molecule has 0 heterocycles. The molecule has 10 nitrogen and oxygen atoms in total. The third-order valence-electron chi connectivity index (χ3n) is 5.17. The molecule has 0 radical (unpaired) electrons.